The highest BCUT2D eigenvalue weighted by Gasteiger charge is 2.43. The van der Waals surface area contributed by atoms with E-state index < -0.39 is 8.80 Å². The van der Waals surface area contributed by atoms with Gasteiger partial charge in [-0.15, -0.1) is 0 Å². The van der Waals surface area contributed by atoms with Crippen LogP contribution in [0.3, 0.4) is 0 Å². The molecule has 28 heavy (non-hydrogen) atoms. The molecule has 0 aromatic rings. The quantitative estimate of drug-likeness (QED) is 0.122. The van der Waals surface area contributed by atoms with Crippen molar-refractivity contribution in [1.29, 1.82) is 0 Å². The molecule has 0 radical (unpaired) electrons. The van der Waals surface area contributed by atoms with E-state index in [9.17, 15) is 0 Å². The first-order valence-corrected chi connectivity index (χ1v) is 14.3. The first-order valence-electron chi connectivity index (χ1n) is 12.3. The molecule has 0 spiro atoms. The van der Waals surface area contributed by atoms with Gasteiger partial charge in [0, 0.05) is 19.8 Å². The molecule has 0 fully saturated rings. The maximum absolute atomic E-state index is 6.17. The lowest BCUT2D eigenvalue weighted by molar-refractivity contribution is -0.927. The van der Waals surface area contributed by atoms with E-state index in [0.29, 0.717) is 19.8 Å². The highest BCUT2D eigenvalue weighted by Crippen LogP contribution is 2.23. The summed E-state index contributed by atoms with van der Waals surface area (Å²) in [5.41, 5.74) is 0. The molecule has 0 aliphatic carbocycles. The molecule has 0 unspecified atom stereocenters. The molecule has 0 aromatic carbocycles. The number of rotatable bonds is 21. The number of quaternary nitrogens is 1. The Morgan fingerprint density at radius 2 is 0.857 bits per heavy atom. The van der Waals surface area contributed by atoms with Gasteiger partial charge in [-0.05, 0) is 59.3 Å². The lowest BCUT2D eigenvalue weighted by atomic mass is 10.1. The summed E-state index contributed by atoms with van der Waals surface area (Å²) in [6.45, 7) is 20.2. The summed E-state index contributed by atoms with van der Waals surface area (Å²) in [5.74, 6) is 0. The van der Waals surface area contributed by atoms with Gasteiger partial charge in [-0.1, -0.05) is 40.0 Å². The summed E-state index contributed by atoms with van der Waals surface area (Å²) in [7, 11) is -2.56. The predicted molar refractivity (Wildman–Crippen MR) is 124 cm³/mol. The van der Waals surface area contributed by atoms with E-state index in [-0.39, 0.29) is 0 Å². The van der Waals surface area contributed by atoms with Crippen LogP contribution in [0.5, 0.6) is 0 Å². The van der Waals surface area contributed by atoms with Gasteiger partial charge >= 0.3 is 8.80 Å². The van der Waals surface area contributed by atoms with E-state index in [1.54, 1.807) is 0 Å². The van der Waals surface area contributed by atoms with Crippen molar-refractivity contribution in [2.24, 2.45) is 0 Å². The zero-order chi connectivity index (χ0) is 21.1. The Hall–Kier alpha value is 0.0569. The lowest BCUT2D eigenvalue weighted by Crippen LogP contribution is -2.55. The van der Waals surface area contributed by atoms with E-state index in [4.69, 9.17) is 13.3 Å². The maximum atomic E-state index is 6.17. The Morgan fingerprint density at radius 3 is 1.14 bits per heavy atom. The molecule has 0 saturated carbocycles. The Morgan fingerprint density at radius 1 is 0.500 bits per heavy atom. The second kappa shape index (κ2) is 17.9. The van der Waals surface area contributed by atoms with Crippen LogP contribution in [0.15, 0.2) is 0 Å². The molecule has 0 rings (SSSR count). The van der Waals surface area contributed by atoms with E-state index in [1.807, 2.05) is 0 Å². The van der Waals surface area contributed by atoms with Crippen LogP contribution in [0.4, 0.5) is 0 Å². The summed E-state index contributed by atoms with van der Waals surface area (Å²) < 4.78 is 19.7. The Balaban J connectivity index is 5.35. The van der Waals surface area contributed by atoms with E-state index >= 15 is 0 Å². The second-order valence-corrected chi connectivity index (χ2v) is 10.8. The van der Waals surface area contributed by atoms with Crippen molar-refractivity contribution in [2.45, 2.75) is 105 Å². The number of unbranched alkanes of at least 4 members (excludes halogenated alkanes) is 6. The summed E-state index contributed by atoms with van der Waals surface area (Å²) in [6.07, 6.45) is 11.9. The van der Waals surface area contributed by atoms with Gasteiger partial charge < -0.3 is 17.8 Å². The van der Waals surface area contributed by atoms with Crippen LogP contribution >= 0.6 is 0 Å². The molecule has 0 heterocycles. The van der Waals surface area contributed by atoms with Gasteiger partial charge in [0.1, 0.15) is 0 Å². The minimum Gasteiger partial charge on any atom is -0.374 e. The Kier molecular flexibility index (Phi) is 17.9. The smallest absolute Gasteiger partial charge is 0.374 e. The van der Waals surface area contributed by atoms with Crippen molar-refractivity contribution in [3.8, 4) is 0 Å². The highest BCUT2D eigenvalue weighted by molar-refractivity contribution is 6.60. The van der Waals surface area contributed by atoms with E-state index in [2.05, 4.69) is 41.5 Å². The molecular weight excluding hydrogens is 366 g/mol. The van der Waals surface area contributed by atoms with Crippen molar-refractivity contribution < 1.29 is 17.8 Å². The number of hydrogen-bond donors (Lipinski definition) is 0. The molecular formula is C23H52NO3Si+. The van der Waals surface area contributed by atoms with E-state index in [1.165, 1.54) is 81.9 Å². The molecule has 0 aromatic heterocycles. The topological polar surface area (TPSA) is 27.7 Å². The van der Waals surface area contributed by atoms with Crippen LogP contribution in [0, 0.1) is 0 Å². The molecule has 0 amide bonds. The van der Waals surface area contributed by atoms with Gasteiger partial charge in [0.2, 0.25) is 0 Å². The van der Waals surface area contributed by atoms with Crippen molar-refractivity contribution >= 4 is 8.80 Å². The molecule has 0 aliphatic rings. The average Bonchev–Trinajstić information content (AvgIpc) is 2.67. The molecule has 0 bridgehead atoms. The fraction of sp³-hybridized carbons (Fsp3) is 1.00. The van der Waals surface area contributed by atoms with Crippen molar-refractivity contribution in [2.75, 3.05) is 46.0 Å². The fourth-order valence-corrected chi connectivity index (χ4v) is 6.89. The molecule has 0 atom stereocenters. The standard InChI is InChI=1S/C23H52NO3Si/c1-7-13-16-19-24(20-17-14-8-2,21-18-15-9-3)22-23-28(25-10-4,26-11-5)27-12-6/h7-23H2,1-6H3/q+1. The fourth-order valence-electron chi connectivity index (χ4n) is 4.14. The Bertz CT molecular complexity index is 298. The zero-order valence-corrected chi connectivity index (χ0v) is 21.2. The summed E-state index contributed by atoms with van der Waals surface area (Å²) in [6, 6.07) is 0.951. The largest absolute Gasteiger partial charge is 0.506 e. The van der Waals surface area contributed by atoms with Crippen LogP contribution < -0.4 is 0 Å². The van der Waals surface area contributed by atoms with Crippen LogP contribution in [0.2, 0.25) is 6.04 Å². The van der Waals surface area contributed by atoms with Gasteiger partial charge in [0.05, 0.1) is 32.2 Å². The average molecular weight is 419 g/mol. The SMILES string of the molecule is CCCCC[N+](CCCCC)(CCCCC)CC[Si](OCC)(OCC)OCC. The lowest BCUT2D eigenvalue weighted by Gasteiger charge is -2.41. The third-order valence-electron chi connectivity index (χ3n) is 5.69. The number of nitrogens with zero attached hydrogens (tertiary/aromatic N) is 1. The highest BCUT2D eigenvalue weighted by atomic mass is 28.4. The van der Waals surface area contributed by atoms with Gasteiger partial charge in [-0.3, -0.25) is 0 Å². The van der Waals surface area contributed by atoms with Crippen LogP contribution in [0.25, 0.3) is 0 Å². The van der Waals surface area contributed by atoms with Gasteiger partial charge in [-0.25, -0.2) is 0 Å². The molecule has 0 N–H and O–H groups in total. The van der Waals surface area contributed by atoms with Crippen LogP contribution in [0.1, 0.15) is 99.3 Å². The zero-order valence-electron chi connectivity index (χ0n) is 20.2. The summed E-state index contributed by atoms with van der Waals surface area (Å²) in [4.78, 5) is 0. The Labute approximate surface area is 178 Å². The molecule has 5 heteroatoms. The molecule has 4 nitrogen and oxygen atoms in total. The summed E-state index contributed by atoms with van der Waals surface area (Å²) >= 11 is 0. The number of hydrogen-bond acceptors (Lipinski definition) is 3. The first-order chi connectivity index (χ1) is 13.6. The van der Waals surface area contributed by atoms with Crippen molar-refractivity contribution in [1.82, 2.24) is 0 Å². The van der Waals surface area contributed by atoms with Gasteiger partial charge in [0.15, 0.2) is 0 Å². The molecule has 0 saturated heterocycles. The second-order valence-electron chi connectivity index (χ2n) is 8.09. The minimum absolute atomic E-state index is 0.674. The summed E-state index contributed by atoms with van der Waals surface area (Å²) in [5, 5.41) is 0. The van der Waals surface area contributed by atoms with E-state index in [0.717, 1.165) is 12.6 Å². The van der Waals surface area contributed by atoms with Gasteiger partial charge in [0.25, 0.3) is 0 Å². The normalized spacial score (nSPS) is 12.6. The predicted octanol–water partition coefficient (Wildman–Crippen LogP) is 6.42. The van der Waals surface area contributed by atoms with Crippen LogP contribution in [-0.4, -0.2) is 59.3 Å². The van der Waals surface area contributed by atoms with Crippen molar-refractivity contribution in [3.63, 3.8) is 0 Å². The van der Waals surface area contributed by atoms with Crippen molar-refractivity contribution in [3.05, 3.63) is 0 Å². The van der Waals surface area contributed by atoms with Crippen LogP contribution in [-0.2, 0) is 13.3 Å². The monoisotopic (exact) mass is 418 g/mol. The molecule has 170 valence electrons. The molecule has 0 aliphatic heterocycles. The minimum atomic E-state index is -2.56. The first kappa shape index (κ1) is 28.1. The third-order valence-corrected chi connectivity index (χ3v) is 8.71. The van der Waals surface area contributed by atoms with Gasteiger partial charge in [-0.2, -0.15) is 0 Å². The maximum Gasteiger partial charge on any atom is 0.506 e. The third kappa shape index (κ3) is 11.9.